The zero-order valence-electron chi connectivity index (χ0n) is 11.7. The molecule has 8 heteroatoms. The van der Waals surface area contributed by atoms with Crippen LogP contribution in [-0.2, 0) is 4.74 Å². The summed E-state index contributed by atoms with van der Waals surface area (Å²) in [6.45, 7) is 1.19. The van der Waals surface area contributed by atoms with Crippen molar-refractivity contribution in [3.05, 3.63) is 33.8 Å². The van der Waals surface area contributed by atoms with Crippen molar-refractivity contribution >= 4 is 23.3 Å². The van der Waals surface area contributed by atoms with E-state index in [0.29, 0.717) is 22.2 Å². The summed E-state index contributed by atoms with van der Waals surface area (Å²) >= 11 is 5.23. The second-order valence-electron chi connectivity index (χ2n) is 5.31. The number of H-pyrrole nitrogens is 1. The number of aliphatic hydroxyl groups excluding tert-OH is 3. The van der Waals surface area contributed by atoms with E-state index in [4.69, 9.17) is 22.1 Å². The average molecular weight is 326 g/mol. The molecule has 2 aromatic rings. The van der Waals surface area contributed by atoms with Crippen LogP contribution in [0.5, 0.6) is 0 Å². The van der Waals surface area contributed by atoms with Gasteiger partial charge in [-0.2, -0.15) is 0 Å². The Balaban J connectivity index is 2.13. The molecule has 1 aliphatic rings. The Morgan fingerprint density at radius 2 is 2.14 bits per heavy atom. The van der Waals surface area contributed by atoms with Crippen molar-refractivity contribution in [1.29, 1.82) is 0 Å². The molecule has 1 aliphatic heterocycles. The number of hydrogen-bond acceptors (Lipinski definition) is 6. The van der Waals surface area contributed by atoms with Crippen LogP contribution in [0.1, 0.15) is 17.2 Å². The van der Waals surface area contributed by atoms with E-state index < -0.39 is 36.8 Å². The van der Waals surface area contributed by atoms with Crippen LogP contribution in [0, 0.1) is 17.4 Å². The summed E-state index contributed by atoms with van der Waals surface area (Å²) in [7, 11) is 0. The Kier molecular flexibility index (Phi) is 3.96. The first-order valence-electron chi connectivity index (χ1n) is 6.74. The second kappa shape index (κ2) is 5.64. The molecule has 0 spiro atoms. The number of aromatic nitrogens is 2. The van der Waals surface area contributed by atoms with Crippen LogP contribution in [-0.4, -0.2) is 50.2 Å². The van der Waals surface area contributed by atoms with Gasteiger partial charge in [-0.25, -0.2) is 9.37 Å². The van der Waals surface area contributed by atoms with Crippen LogP contribution < -0.4 is 0 Å². The molecule has 0 amide bonds. The quantitative estimate of drug-likeness (QED) is 0.612. The third kappa shape index (κ3) is 2.33. The predicted octanol–water partition coefficient (Wildman–Crippen LogP) is 0.894. The first-order chi connectivity index (χ1) is 10.4. The Morgan fingerprint density at radius 1 is 1.41 bits per heavy atom. The third-order valence-corrected chi connectivity index (χ3v) is 4.30. The first-order valence-corrected chi connectivity index (χ1v) is 7.15. The van der Waals surface area contributed by atoms with Crippen LogP contribution in [0.4, 0.5) is 4.39 Å². The minimum absolute atomic E-state index is 0.279. The lowest BCUT2D eigenvalue weighted by Gasteiger charge is -2.16. The standard InChI is InChI=1S/C14H15FN2O4S/c1-5-6-2-7(12-11(20)10(19)9(4-18)21-12)14(22)17-13(6)16-3-8(5)15/h2-3,9-12,18-20H,4H2,1H3,(H,16,17,22). The number of nitrogens with one attached hydrogen (secondary N) is 1. The zero-order chi connectivity index (χ0) is 16.0. The molecule has 6 nitrogen and oxygen atoms in total. The van der Waals surface area contributed by atoms with E-state index >= 15 is 0 Å². The summed E-state index contributed by atoms with van der Waals surface area (Å²) in [6.07, 6.45) is -3.13. The van der Waals surface area contributed by atoms with E-state index in [1.165, 1.54) is 0 Å². The third-order valence-electron chi connectivity index (χ3n) is 3.97. The molecule has 4 atom stereocenters. The van der Waals surface area contributed by atoms with Crippen molar-refractivity contribution in [3.63, 3.8) is 0 Å². The van der Waals surface area contributed by atoms with Crippen molar-refractivity contribution in [2.45, 2.75) is 31.3 Å². The summed E-state index contributed by atoms with van der Waals surface area (Å²) in [5.41, 5.74) is 1.24. The molecule has 3 heterocycles. The molecule has 22 heavy (non-hydrogen) atoms. The number of aromatic amines is 1. The van der Waals surface area contributed by atoms with E-state index in [2.05, 4.69) is 9.97 Å². The molecule has 0 aromatic carbocycles. The summed E-state index contributed by atoms with van der Waals surface area (Å²) in [5.74, 6) is -0.454. The van der Waals surface area contributed by atoms with Crippen molar-refractivity contribution in [1.82, 2.24) is 9.97 Å². The number of ether oxygens (including phenoxy) is 1. The Hall–Kier alpha value is -1.45. The highest BCUT2D eigenvalue weighted by Gasteiger charge is 2.43. The van der Waals surface area contributed by atoms with Gasteiger partial charge in [0.05, 0.1) is 12.8 Å². The van der Waals surface area contributed by atoms with Crippen molar-refractivity contribution in [3.8, 4) is 0 Å². The average Bonchev–Trinajstić information content (AvgIpc) is 2.79. The fraction of sp³-hybridized carbons (Fsp3) is 0.429. The fourth-order valence-corrected chi connectivity index (χ4v) is 2.91. The van der Waals surface area contributed by atoms with Gasteiger partial charge in [-0.15, -0.1) is 0 Å². The molecule has 0 aliphatic carbocycles. The van der Waals surface area contributed by atoms with E-state index in [-0.39, 0.29) is 4.64 Å². The number of hydrogen-bond donors (Lipinski definition) is 4. The molecule has 1 fully saturated rings. The van der Waals surface area contributed by atoms with Crippen LogP contribution >= 0.6 is 12.2 Å². The maximum absolute atomic E-state index is 13.7. The number of halogens is 1. The monoisotopic (exact) mass is 326 g/mol. The number of nitrogens with zero attached hydrogens (tertiary/aromatic N) is 1. The van der Waals surface area contributed by atoms with Crippen LogP contribution in [0.3, 0.4) is 0 Å². The maximum atomic E-state index is 13.7. The Morgan fingerprint density at radius 3 is 2.77 bits per heavy atom. The molecule has 2 aromatic heterocycles. The van der Waals surface area contributed by atoms with Crippen LogP contribution in [0.15, 0.2) is 12.3 Å². The van der Waals surface area contributed by atoms with Gasteiger partial charge in [0.1, 0.15) is 40.5 Å². The molecule has 0 bridgehead atoms. The number of rotatable bonds is 2. The van der Waals surface area contributed by atoms with Crippen molar-refractivity contribution in [2.75, 3.05) is 6.61 Å². The highest BCUT2D eigenvalue weighted by Crippen LogP contribution is 2.35. The van der Waals surface area contributed by atoms with Gasteiger partial charge >= 0.3 is 0 Å². The molecular formula is C14H15FN2O4S. The lowest BCUT2D eigenvalue weighted by atomic mass is 10.0. The lowest BCUT2D eigenvalue weighted by Crippen LogP contribution is -2.32. The van der Waals surface area contributed by atoms with E-state index in [1.807, 2.05) is 0 Å². The van der Waals surface area contributed by atoms with Gasteiger partial charge in [0.25, 0.3) is 0 Å². The molecule has 1 saturated heterocycles. The molecule has 0 radical (unpaired) electrons. The topological polar surface area (TPSA) is 98.6 Å². The summed E-state index contributed by atoms with van der Waals surface area (Å²) in [6, 6.07) is 1.60. The summed E-state index contributed by atoms with van der Waals surface area (Å²) in [4.78, 5) is 6.82. The normalized spacial score (nSPS) is 28.4. The van der Waals surface area contributed by atoms with Gasteiger partial charge in [0, 0.05) is 10.9 Å². The van der Waals surface area contributed by atoms with Gasteiger partial charge in [-0.1, -0.05) is 12.2 Å². The van der Waals surface area contributed by atoms with Crippen LogP contribution in [0.25, 0.3) is 11.0 Å². The molecular weight excluding hydrogens is 311 g/mol. The number of pyridine rings is 2. The molecule has 4 unspecified atom stereocenters. The Bertz CT molecular complexity index is 781. The van der Waals surface area contributed by atoms with Gasteiger partial charge in [0.15, 0.2) is 0 Å². The Labute approximate surface area is 130 Å². The number of aliphatic hydroxyl groups is 3. The SMILES string of the molecule is Cc1c(F)cnc2[nH]c(=S)c(C3OC(CO)C(O)C3O)cc12. The molecule has 0 saturated carbocycles. The van der Waals surface area contributed by atoms with Crippen molar-refractivity contribution < 1.29 is 24.4 Å². The zero-order valence-corrected chi connectivity index (χ0v) is 12.5. The minimum Gasteiger partial charge on any atom is -0.394 e. The maximum Gasteiger partial charge on any atom is 0.145 e. The minimum atomic E-state index is -1.23. The highest BCUT2D eigenvalue weighted by atomic mass is 32.1. The summed E-state index contributed by atoms with van der Waals surface area (Å²) < 4.78 is 19.4. The van der Waals surface area contributed by atoms with Gasteiger partial charge in [0.2, 0.25) is 0 Å². The number of fused-ring (bicyclic) bond motifs is 1. The fourth-order valence-electron chi connectivity index (χ4n) is 2.64. The highest BCUT2D eigenvalue weighted by molar-refractivity contribution is 7.71. The van der Waals surface area contributed by atoms with E-state index in [1.54, 1.807) is 13.0 Å². The molecule has 4 N–H and O–H groups in total. The van der Waals surface area contributed by atoms with Crippen LogP contribution in [0.2, 0.25) is 0 Å². The predicted molar refractivity (Wildman–Crippen MR) is 78.3 cm³/mol. The van der Waals surface area contributed by atoms with Gasteiger partial charge < -0.3 is 25.0 Å². The summed E-state index contributed by atoms with van der Waals surface area (Å²) in [5, 5.41) is 29.6. The van der Waals surface area contributed by atoms with E-state index in [9.17, 15) is 14.6 Å². The lowest BCUT2D eigenvalue weighted by molar-refractivity contribution is -0.0229. The van der Waals surface area contributed by atoms with Gasteiger partial charge in [-0.05, 0) is 18.6 Å². The largest absolute Gasteiger partial charge is 0.394 e. The molecule has 118 valence electrons. The smallest absolute Gasteiger partial charge is 0.145 e. The molecule has 3 rings (SSSR count). The first kappa shape index (κ1) is 15.4. The number of aryl methyl sites for hydroxylation is 1. The second-order valence-corrected chi connectivity index (χ2v) is 5.71. The van der Waals surface area contributed by atoms with E-state index in [0.717, 1.165) is 6.20 Å². The van der Waals surface area contributed by atoms with Gasteiger partial charge in [-0.3, -0.25) is 0 Å². The van der Waals surface area contributed by atoms with Crippen molar-refractivity contribution in [2.24, 2.45) is 0 Å².